The van der Waals surface area contributed by atoms with Gasteiger partial charge in [0.1, 0.15) is 0 Å². The first kappa shape index (κ1) is 20.3. The molecule has 7 heteroatoms. The summed E-state index contributed by atoms with van der Waals surface area (Å²) >= 11 is 0. The van der Waals surface area contributed by atoms with E-state index in [0.29, 0.717) is 12.2 Å². The predicted octanol–water partition coefficient (Wildman–Crippen LogP) is 3.94. The molecule has 1 aliphatic heterocycles. The average molecular weight is 427 g/mol. The van der Waals surface area contributed by atoms with E-state index in [2.05, 4.69) is 36.4 Å². The van der Waals surface area contributed by atoms with Crippen molar-refractivity contribution in [2.45, 2.75) is 32.4 Å². The van der Waals surface area contributed by atoms with E-state index in [0.717, 1.165) is 47.2 Å². The Morgan fingerprint density at radius 2 is 1.84 bits per heavy atom. The smallest absolute Gasteiger partial charge is 0.272 e. The first-order valence-corrected chi connectivity index (χ1v) is 11.1. The van der Waals surface area contributed by atoms with E-state index in [1.54, 1.807) is 12.4 Å². The molecule has 3 aromatic heterocycles. The predicted molar refractivity (Wildman–Crippen MR) is 124 cm³/mol. The fourth-order valence-corrected chi connectivity index (χ4v) is 4.24. The summed E-state index contributed by atoms with van der Waals surface area (Å²) in [6.45, 7) is 3.64. The number of piperidine rings is 1. The van der Waals surface area contributed by atoms with Crippen molar-refractivity contribution in [3.8, 4) is 11.1 Å². The Balaban J connectivity index is 1.36. The minimum Gasteiger partial charge on any atom is -0.346 e. The number of nitrogens with one attached hydrogen (secondary N) is 2. The van der Waals surface area contributed by atoms with Gasteiger partial charge in [-0.3, -0.25) is 24.8 Å². The molecule has 0 bridgehead atoms. The van der Waals surface area contributed by atoms with Crippen LogP contribution < -0.4 is 5.32 Å². The van der Waals surface area contributed by atoms with E-state index < -0.39 is 0 Å². The molecule has 4 heterocycles. The summed E-state index contributed by atoms with van der Waals surface area (Å²) in [6, 6.07) is 12.0. The van der Waals surface area contributed by atoms with Gasteiger partial charge in [-0.25, -0.2) is 0 Å². The normalized spacial score (nSPS) is 14.5. The number of benzene rings is 1. The highest BCUT2D eigenvalue weighted by atomic mass is 16.1. The van der Waals surface area contributed by atoms with Crippen LogP contribution in [0.2, 0.25) is 0 Å². The Hall–Kier alpha value is -3.58. The molecular formula is C25H26N6O. The second-order valence-corrected chi connectivity index (χ2v) is 8.30. The maximum atomic E-state index is 12.8. The number of pyridine rings is 2. The van der Waals surface area contributed by atoms with Gasteiger partial charge < -0.3 is 5.32 Å². The number of hydrogen-bond donors (Lipinski definition) is 2. The van der Waals surface area contributed by atoms with Crippen LogP contribution in [0.5, 0.6) is 0 Å². The second-order valence-electron chi connectivity index (χ2n) is 8.30. The lowest BCUT2D eigenvalue weighted by Crippen LogP contribution is -2.29. The van der Waals surface area contributed by atoms with Gasteiger partial charge in [0, 0.05) is 48.8 Å². The zero-order valence-electron chi connectivity index (χ0n) is 17.9. The molecule has 1 aliphatic rings. The van der Waals surface area contributed by atoms with Crippen molar-refractivity contribution in [3.63, 3.8) is 0 Å². The molecule has 0 spiro atoms. The molecule has 0 atom stereocenters. The van der Waals surface area contributed by atoms with Crippen LogP contribution in [0.3, 0.4) is 0 Å². The van der Waals surface area contributed by atoms with Crippen molar-refractivity contribution in [1.82, 2.24) is 30.4 Å². The van der Waals surface area contributed by atoms with Crippen LogP contribution in [-0.4, -0.2) is 44.1 Å². The molecule has 1 aromatic carbocycles. The van der Waals surface area contributed by atoms with E-state index in [9.17, 15) is 4.79 Å². The summed E-state index contributed by atoms with van der Waals surface area (Å²) in [5, 5.41) is 11.0. The summed E-state index contributed by atoms with van der Waals surface area (Å²) in [5.41, 5.74) is 5.45. The molecular weight excluding hydrogens is 400 g/mol. The standard InChI is InChI=1S/C25H26N6O/c32-25(28-15-18-5-4-8-26-13-18)24-22-12-20(6-7-23(22)29-30-24)21-11-19(14-27-16-21)17-31-9-2-1-3-10-31/h4-8,11-14,16H,1-3,9-10,15,17H2,(H,28,32)(H,29,30). The maximum absolute atomic E-state index is 12.8. The van der Waals surface area contributed by atoms with Crippen LogP contribution in [0.4, 0.5) is 0 Å². The molecule has 1 amide bonds. The van der Waals surface area contributed by atoms with Crippen LogP contribution in [0, 0.1) is 0 Å². The van der Waals surface area contributed by atoms with Crippen molar-refractivity contribution in [2.24, 2.45) is 0 Å². The number of H-pyrrole nitrogens is 1. The van der Waals surface area contributed by atoms with Gasteiger partial charge >= 0.3 is 0 Å². The molecule has 0 saturated carbocycles. The lowest BCUT2D eigenvalue weighted by atomic mass is 10.0. The van der Waals surface area contributed by atoms with Crippen molar-refractivity contribution in [1.29, 1.82) is 0 Å². The second kappa shape index (κ2) is 9.28. The fourth-order valence-electron chi connectivity index (χ4n) is 4.24. The quantitative estimate of drug-likeness (QED) is 0.488. The molecule has 7 nitrogen and oxygen atoms in total. The summed E-state index contributed by atoms with van der Waals surface area (Å²) in [5.74, 6) is -0.214. The molecule has 2 N–H and O–H groups in total. The molecule has 0 aliphatic carbocycles. The number of likely N-dealkylation sites (tertiary alicyclic amines) is 1. The number of carbonyl (C=O) groups excluding carboxylic acids is 1. The highest BCUT2D eigenvalue weighted by molar-refractivity contribution is 6.05. The number of amides is 1. The van der Waals surface area contributed by atoms with Gasteiger partial charge in [-0.1, -0.05) is 18.6 Å². The van der Waals surface area contributed by atoms with Crippen LogP contribution in [0.25, 0.3) is 22.0 Å². The van der Waals surface area contributed by atoms with Crippen LogP contribution in [-0.2, 0) is 13.1 Å². The number of nitrogens with zero attached hydrogens (tertiary/aromatic N) is 4. The Labute approximate surface area is 186 Å². The van der Waals surface area contributed by atoms with Crippen molar-refractivity contribution in [2.75, 3.05) is 13.1 Å². The van der Waals surface area contributed by atoms with E-state index in [-0.39, 0.29) is 5.91 Å². The third kappa shape index (κ3) is 4.53. The van der Waals surface area contributed by atoms with Gasteiger partial charge in [0.25, 0.3) is 5.91 Å². The van der Waals surface area contributed by atoms with E-state index in [4.69, 9.17) is 0 Å². The largest absolute Gasteiger partial charge is 0.346 e. The summed E-state index contributed by atoms with van der Waals surface area (Å²) in [7, 11) is 0. The minimum atomic E-state index is -0.214. The monoisotopic (exact) mass is 426 g/mol. The van der Waals surface area contributed by atoms with E-state index >= 15 is 0 Å². The van der Waals surface area contributed by atoms with Crippen LogP contribution in [0.1, 0.15) is 40.9 Å². The summed E-state index contributed by atoms with van der Waals surface area (Å²) < 4.78 is 0. The summed E-state index contributed by atoms with van der Waals surface area (Å²) in [4.78, 5) is 23.8. The zero-order valence-corrected chi connectivity index (χ0v) is 17.9. The number of rotatable bonds is 6. The molecule has 32 heavy (non-hydrogen) atoms. The molecule has 0 radical (unpaired) electrons. The minimum absolute atomic E-state index is 0.214. The van der Waals surface area contributed by atoms with Crippen LogP contribution in [0.15, 0.2) is 61.2 Å². The Kier molecular flexibility index (Phi) is 5.89. The molecule has 1 fully saturated rings. The summed E-state index contributed by atoms with van der Waals surface area (Å²) in [6.07, 6.45) is 11.2. The Morgan fingerprint density at radius 3 is 2.69 bits per heavy atom. The maximum Gasteiger partial charge on any atom is 0.272 e. The average Bonchev–Trinajstić information content (AvgIpc) is 3.27. The molecule has 162 valence electrons. The highest BCUT2D eigenvalue weighted by Gasteiger charge is 2.16. The highest BCUT2D eigenvalue weighted by Crippen LogP contribution is 2.26. The van der Waals surface area contributed by atoms with E-state index in [1.807, 2.05) is 42.7 Å². The van der Waals surface area contributed by atoms with Crippen LogP contribution >= 0.6 is 0 Å². The van der Waals surface area contributed by atoms with E-state index in [1.165, 1.54) is 24.8 Å². The SMILES string of the molecule is O=C(NCc1cccnc1)c1n[nH]c2ccc(-c3cncc(CN4CCCCC4)c3)cc12. The van der Waals surface area contributed by atoms with Gasteiger partial charge in [-0.05, 0) is 66.9 Å². The molecule has 1 saturated heterocycles. The molecule has 0 unspecified atom stereocenters. The van der Waals surface area contributed by atoms with Gasteiger partial charge in [-0.15, -0.1) is 0 Å². The third-order valence-electron chi connectivity index (χ3n) is 5.94. The topological polar surface area (TPSA) is 86.8 Å². The number of fused-ring (bicyclic) bond motifs is 1. The third-order valence-corrected chi connectivity index (χ3v) is 5.94. The number of aromatic nitrogens is 4. The van der Waals surface area contributed by atoms with Gasteiger partial charge in [0.05, 0.1) is 5.52 Å². The lowest BCUT2D eigenvalue weighted by Gasteiger charge is -2.26. The molecule has 4 aromatic rings. The first-order valence-electron chi connectivity index (χ1n) is 11.1. The lowest BCUT2D eigenvalue weighted by molar-refractivity contribution is 0.0947. The molecule has 5 rings (SSSR count). The van der Waals surface area contributed by atoms with Gasteiger partial charge in [-0.2, -0.15) is 5.10 Å². The van der Waals surface area contributed by atoms with Crippen molar-refractivity contribution < 1.29 is 4.79 Å². The fraction of sp³-hybridized carbons (Fsp3) is 0.280. The van der Waals surface area contributed by atoms with Gasteiger partial charge in [0.15, 0.2) is 5.69 Å². The number of carbonyl (C=O) groups is 1. The van der Waals surface area contributed by atoms with Crippen molar-refractivity contribution in [3.05, 3.63) is 78.0 Å². The van der Waals surface area contributed by atoms with Crippen molar-refractivity contribution >= 4 is 16.8 Å². The number of hydrogen-bond acceptors (Lipinski definition) is 5. The first-order chi connectivity index (χ1) is 15.8. The van der Waals surface area contributed by atoms with Gasteiger partial charge in [0.2, 0.25) is 0 Å². The Bertz CT molecular complexity index is 1210. The number of aromatic amines is 1. The Morgan fingerprint density at radius 1 is 0.969 bits per heavy atom. The zero-order chi connectivity index (χ0) is 21.8.